The summed E-state index contributed by atoms with van der Waals surface area (Å²) in [5, 5.41) is 0. The minimum absolute atomic E-state index is 0. The first-order valence-corrected chi connectivity index (χ1v) is 11.8. The van der Waals surface area contributed by atoms with Gasteiger partial charge in [-0.3, -0.25) is 0 Å². The van der Waals surface area contributed by atoms with Crippen molar-refractivity contribution >= 4 is 0 Å². The SMILES string of the molecule is [Cr+3].[Fe+3].[O]=[Mo](=[O])([O-])[O-].[O]=[Mo](=[O])([O-])[O-].[O]=[Mo](=[O])([O-])[O-]. The number of rotatable bonds is 0. The van der Waals surface area contributed by atoms with Crippen molar-refractivity contribution in [2.45, 2.75) is 0 Å². The van der Waals surface area contributed by atoms with Gasteiger partial charge in [-0.1, -0.05) is 0 Å². The molecule has 12 nitrogen and oxygen atoms in total. The van der Waals surface area contributed by atoms with Gasteiger partial charge in [0.1, 0.15) is 0 Å². The summed E-state index contributed by atoms with van der Waals surface area (Å²) >= 11 is -18.1. The van der Waals surface area contributed by atoms with Gasteiger partial charge in [0.25, 0.3) is 0 Å². The van der Waals surface area contributed by atoms with Crippen LogP contribution in [0.4, 0.5) is 0 Å². The molecule has 0 aromatic carbocycles. The third kappa shape index (κ3) is 1540. The van der Waals surface area contributed by atoms with Gasteiger partial charge in [0, 0.05) is 0 Å². The van der Waals surface area contributed by atoms with Crippen LogP contribution in [0.25, 0.3) is 0 Å². The van der Waals surface area contributed by atoms with Gasteiger partial charge in [0.05, 0.1) is 0 Å². The van der Waals surface area contributed by atoms with E-state index >= 15 is 0 Å². The Kier molecular flexibility index (Phi) is 23.3. The Bertz CT molecular complexity index is 343. The summed E-state index contributed by atoms with van der Waals surface area (Å²) in [5.41, 5.74) is 0. The quantitative estimate of drug-likeness (QED) is 0.240. The normalized spacial score (nSPS) is 10.2. The molecule has 104 valence electrons. The van der Waals surface area contributed by atoms with E-state index in [0.717, 1.165) is 0 Å². The van der Waals surface area contributed by atoms with Crippen LogP contribution >= 0.6 is 0 Å². The Hall–Kier alpha value is 1.68. The molecular weight excluding hydrogens is 588 g/mol. The first kappa shape index (κ1) is 31.2. The van der Waals surface area contributed by atoms with Gasteiger partial charge in [-0.15, -0.1) is 0 Å². The van der Waals surface area contributed by atoms with Crippen LogP contribution in [0.3, 0.4) is 0 Å². The third-order valence-electron chi connectivity index (χ3n) is 0. The molecule has 0 bridgehead atoms. The van der Waals surface area contributed by atoms with Crippen LogP contribution < -0.4 is 22.6 Å². The Morgan fingerprint density at radius 2 is 0.471 bits per heavy atom. The molecule has 0 spiro atoms. The Balaban J connectivity index is -0.0000000400. The first-order chi connectivity index (χ1) is 6.00. The van der Waals surface area contributed by atoms with E-state index in [1.54, 1.807) is 0 Å². The van der Waals surface area contributed by atoms with Gasteiger partial charge in [-0.05, 0) is 0 Å². The second kappa shape index (κ2) is 12.7. The molecule has 0 atom stereocenters. The van der Waals surface area contributed by atoms with E-state index in [1.165, 1.54) is 0 Å². The molecule has 0 fully saturated rings. The van der Waals surface area contributed by atoms with Crippen molar-refractivity contribution in [1.29, 1.82) is 0 Å². The summed E-state index contributed by atoms with van der Waals surface area (Å²) in [6.07, 6.45) is 0. The van der Waals surface area contributed by atoms with E-state index in [9.17, 15) is 0 Å². The molecule has 17 heteroatoms. The Morgan fingerprint density at radius 3 is 0.471 bits per heavy atom. The molecule has 0 unspecified atom stereocenters. The zero-order valence-electron chi connectivity index (χ0n) is 6.89. The summed E-state index contributed by atoms with van der Waals surface area (Å²) in [5.74, 6) is 0. The van der Waals surface area contributed by atoms with Crippen LogP contribution in [-0.2, 0) is 105 Å². The second-order valence-electron chi connectivity index (χ2n) is 1.22. The first-order valence-electron chi connectivity index (χ1n) is 2.00. The van der Waals surface area contributed by atoms with Crippen molar-refractivity contribution in [1.82, 2.24) is 0 Å². The molecule has 0 amide bonds. The second-order valence-corrected chi connectivity index (χ2v) is 7.25. The number of hydrogen-bond acceptors (Lipinski definition) is 12. The van der Waals surface area contributed by atoms with Crippen LogP contribution in [0.5, 0.6) is 0 Å². The number of hydrogen-bond donors (Lipinski definition) is 0. The predicted octanol–water partition coefficient (Wildman–Crippen LogP) is -7.86. The van der Waals surface area contributed by atoms with E-state index in [4.69, 9.17) is 42.9 Å². The van der Waals surface area contributed by atoms with Crippen LogP contribution in [0.15, 0.2) is 0 Å². The van der Waals surface area contributed by atoms with E-state index in [0.29, 0.717) is 0 Å². The van der Waals surface area contributed by atoms with Gasteiger partial charge in [-0.25, -0.2) is 0 Å². The summed E-state index contributed by atoms with van der Waals surface area (Å²) in [6, 6.07) is 0. The average Bonchev–Trinajstić information content (AvgIpc) is 1.41. The van der Waals surface area contributed by atoms with E-state index in [2.05, 4.69) is 0 Å². The van der Waals surface area contributed by atoms with Crippen LogP contribution in [-0.4, -0.2) is 0 Å². The standard InChI is InChI=1S/Cr.Fe.3Mo.12O/q2*+3;;;;;;;;;;6*-1. The fraction of sp³-hybridized carbons (Fsp3) is 0. The van der Waals surface area contributed by atoms with Crippen LogP contribution in [0, 0.1) is 0 Å². The molecule has 0 aliphatic carbocycles. The third-order valence-corrected chi connectivity index (χ3v) is 0. The van der Waals surface area contributed by atoms with Crippen molar-refractivity contribution in [3.05, 3.63) is 0 Å². The van der Waals surface area contributed by atoms with Crippen molar-refractivity contribution in [3.63, 3.8) is 0 Å². The summed E-state index contributed by atoms with van der Waals surface area (Å²) in [6.45, 7) is 0. The fourth-order valence-electron chi connectivity index (χ4n) is 0. The topological polar surface area (TPSA) is 241 Å². The predicted molar refractivity (Wildman–Crippen MR) is 4.12 cm³/mol. The minimum atomic E-state index is -6.02. The van der Waals surface area contributed by atoms with Crippen molar-refractivity contribution < 1.29 is 128 Å². The summed E-state index contributed by atoms with van der Waals surface area (Å²) in [7, 11) is 0. The summed E-state index contributed by atoms with van der Waals surface area (Å²) in [4.78, 5) is 0. The van der Waals surface area contributed by atoms with Gasteiger partial charge in [0.15, 0.2) is 0 Å². The zero-order chi connectivity index (χ0) is 13.5. The molecule has 0 heterocycles. The van der Waals surface area contributed by atoms with Gasteiger partial charge in [-0.2, -0.15) is 0 Å². The molecule has 0 rings (SSSR count). The van der Waals surface area contributed by atoms with Crippen LogP contribution in [0.2, 0.25) is 0 Å². The van der Waals surface area contributed by atoms with E-state index < -0.39 is 50.2 Å². The van der Waals surface area contributed by atoms with Crippen molar-refractivity contribution in [3.8, 4) is 0 Å². The van der Waals surface area contributed by atoms with Crippen LogP contribution in [0.1, 0.15) is 0 Å². The van der Waals surface area contributed by atoms with E-state index in [1.807, 2.05) is 0 Å². The van der Waals surface area contributed by atoms with Crippen molar-refractivity contribution in [2.24, 2.45) is 0 Å². The van der Waals surface area contributed by atoms with Gasteiger partial charge in [0.2, 0.25) is 0 Å². The molecule has 0 aliphatic heterocycles. The molecular formula is CrFeMo3O12. The van der Waals surface area contributed by atoms with E-state index in [-0.39, 0.29) is 34.4 Å². The average molecular weight is 588 g/mol. The maximum absolute atomic E-state index is 8.63. The summed E-state index contributed by atoms with van der Waals surface area (Å²) < 4.78 is 104. The fourth-order valence-corrected chi connectivity index (χ4v) is 0. The van der Waals surface area contributed by atoms with Gasteiger partial charge < -0.3 is 0 Å². The maximum atomic E-state index is 8.63. The molecule has 0 N–H and O–H groups in total. The monoisotopic (exact) mass is 594 g/mol. The molecule has 17 heavy (non-hydrogen) atoms. The molecule has 0 aliphatic rings. The Morgan fingerprint density at radius 1 is 0.471 bits per heavy atom. The Labute approximate surface area is 126 Å². The van der Waals surface area contributed by atoms with Crippen molar-refractivity contribution in [2.75, 3.05) is 0 Å². The molecule has 0 aromatic rings. The molecule has 0 aromatic heterocycles. The molecule has 0 saturated heterocycles. The van der Waals surface area contributed by atoms with Gasteiger partial charge >= 0.3 is 128 Å². The molecule has 0 saturated carbocycles. The zero-order valence-corrected chi connectivity index (χ0v) is 15.3. The molecule has 2 radical (unpaired) electrons.